The molecule has 1 heterocycles. The molecular formula is C18H13BrClN3O3S. The van der Waals surface area contributed by atoms with E-state index in [1.54, 1.807) is 12.1 Å². The molecular weight excluding hydrogens is 454 g/mol. The largest absolute Gasteiger partial charge is 0.507 e. The first-order chi connectivity index (χ1) is 13.0. The molecule has 0 aliphatic carbocycles. The van der Waals surface area contributed by atoms with Crippen molar-refractivity contribution in [2.75, 3.05) is 0 Å². The molecule has 0 aliphatic rings. The van der Waals surface area contributed by atoms with Crippen LogP contribution in [0.1, 0.15) is 20.8 Å². The number of rotatable bonds is 5. The number of aromatic nitrogens is 1. The molecule has 0 radical (unpaired) electrons. The van der Waals surface area contributed by atoms with E-state index in [9.17, 15) is 14.7 Å². The average Bonchev–Trinajstić information content (AvgIpc) is 2.91. The number of hydrazone groups is 1. The van der Waals surface area contributed by atoms with Crippen molar-refractivity contribution in [3.05, 3.63) is 83.8 Å². The van der Waals surface area contributed by atoms with Gasteiger partial charge in [-0.2, -0.15) is 5.10 Å². The molecule has 2 aromatic carbocycles. The number of amides is 1. The maximum absolute atomic E-state index is 12.2. The quantitative estimate of drug-likeness (QED) is 0.443. The van der Waals surface area contributed by atoms with E-state index in [0.29, 0.717) is 11.4 Å². The Balaban J connectivity index is 1.73. The highest BCUT2D eigenvalue weighted by Crippen LogP contribution is 2.19. The van der Waals surface area contributed by atoms with Gasteiger partial charge in [0.05, 0.1) is 23.2 Å². The van der Waals surface area contributed by atoms with Crippen LogP contribution in [0.5, 0.6) is 5.75 Å². The number of para-hydroxylation sites is 1. The van der Waals surface area contributed by atoms with Gasteiger partial charge in [-0.3, -0.25) is 14.2 Å². The van der Waals surface area contributed by atoms with E-state index < -0.39 is 5.91 Å². The molecule has 1 amide bonds. The highest BCUT2D eigenvalue weighted by molar-refractivity contribution is 9.10. The van der Waals surface area contributed by atoms with E-state index >= 15 is 0 Å². The molecule has 138 valence electrons. The minimum absolute atomic E-state index is 0.0988. The summed E-state index contributed by atoms with van der Waals surface area (Å²) in [5, 5.41) is 13.7. The molecule has 0 fully saturated rings. The van der Waals surface area contributed by atoms with Crippen LogP contribution in [0.15, 0.2) is 62.9 Å². The molecule has 1 aromatic heterocycles. The monoisotopic (exact) mass is 465 g/mol. The Morgan fingerprint density at radius 1 is 1.26 bits per heavy atom. The van der Waals surface area contributed by atoms with Gasteiger partial charge >= 0.3 is 4.87 Å². The molecule has 0 aliphatic heterocycles. The Morgan fingerprint density at radius 3 is 2.67 bits per heavy atom. The van der Waals surface area contributed by atoms with E-state index in [4.69, 9.17) is 11.6 Å². The number of hydrogen-bond donors (Lipinski definition) is 2. The number of carbonyl (C=O) groups excluding carboxylic acids is 1. The SMILES string of the molecule is O=C(N/N=C\c1sc(=O)n(Cc2ccc(Br)cc2)c1Cl)c1ccccc1O. The molecule has 0 bridgehead atoms. The van der Waals surface area contributed by atoms with Gasteiger partial charge in [-0.25, -0.2) is 5.43 Å². The smallest absolute Gasteiger partial charge is 0.309 e. The summed E-state index contributed by atoms with van der Waals surface area (Å²) < 4.78 is 2.38. The van der Waals surface area contributed by atoms with Crippen LogP contribution in [-0.4, -0.2) is 21.8 Å². The Morgan fingerprint density at radius 2 is 1.96 bits per heavy atom. The summed E-state index contributed by atoms with van der Waals surface area (Å²) in [7, 11) is 0. The first-order valence-electron chi connectivity index (χ1n) is 7.70. The topological polar surface area (TPSA) is 83.7 Å². The minimum Gasteiger partial charge on any atom is -0.507 e. The van der Waals surface area contributed by atoms with Gasteiger partial charge < -0.3 is 5.11 Å². The summed E-state index contributed by atoms with van der Waals surface area (Å²) in [6.45, 7) is 0.333. The van der Waals surface area contributed by atoms with Crippen LogP contribution in [0.2, 0.25) is 5.15 Å². The van der Waals surface area contributed by atoms with Crippen molar-refractivity contribution in [2.24, 2.45) is 5.10 Å². The van der Waals surface area contributed by atoms with E-state index in [-0.39, 0.29) is 21.3 Å². The fourth-order valence-corrected chi connectivity index (χ4v) is 3.64. The standard InChI is InChI=1S/C18H13BrClN3O3S/c19-12-7-5-11(6-8-12)10-23-16(20)15(27-18(23)26)9-21-22-17(25)13-3-1-2-4-14(13)24/h1-9,24H,10H2,(H,22,25)/b21-9-. The lowest BCUT2D eigenvalue weighted by Gasteiger charge is -2.04. The van der Waals surface area contributed by atoms with Gasteiger partial charge in [0, 0.05) is 4.47 Å². The van der Waals surface area contributed by atoms with Crippen LogP contribution in [0, 0.1) is 0 Å². The van der Waals surface area contributed by atoms with Crippen molar-refractivity contribution < 1.29 is 9.90 Å². The van der Waals surface area contributed by atoms with Gasteiger partial charge in [-0.1, -0.05) is 63.1 Å². The van der Waals surface area contributed by atoms with Crippen molar-refractivity contribution >= 4 is 51.0 Å². The zero-order valence-electron chi connectivity index (χ0n) is 13.7. The van der Waals surface area contributed by atoms with Gasteiger partial charge in [0.15, 0.2) is 0 Å². The Kier molecular flexibility index (Phi) is 6.10. The molecule has 0 unspecified atom stereocenters. The normalized spacial score (nSPS) is 11.0. The predicted molar refractivity (Wildman–Crippen MR) is 110 cm³/mol. The van der Waals surface area contributed by atoms with Crippen LogP contribution in [-0.2, 0) is 6.54 Å². The van der Waals surface area contributed by atoms with Crippen LogP contribution in [0.4, 0.5) is 0 Å². The summed E-state index contributed by atoms with van der Waals surface area (Å²) in [6.07, 6.45) is 1.31. The molecule has 27 heavy (non-hydrogen) atoms. The van der Waals surface area contributed by atoms with Gasteiger partial charge in [-0.05, 0) is 29.8 Å². The summed E-state index contributed by atoms with van der Waals surface area (Å²) >= 11 is 10.6. The first kappa shape index (κ1) is 19.3. The molecule has 3 aromatic rings. The van der Waals surface area contributed by atoms with Gasteiger partial charge in [0.1, 0.15) is 10.9 Å². The molecule has 6 nitrogen and oxygen atoms in total. The summed E-state index contributed by atoms with van der Waals surface area (Å²) in [5.74, 6) is -0.712. The zero-order valence-corrected chi connectivity index (χ0v) is 16.9. The number of thiazole rings is 1. The Labute approximate surface area is 171 Å². The molecule has 0 atom stereocenters. The summed E-state index contributed by atoms with van der Waals surface area (Å²) in [4.78, 5) is 24.4. The molecule has 0 saturated carbocycles. The van der Waals surface area contributed by atoms with Crippen molar-refractivity contribution in [1.82, 2.24) is 9.99 Å². The fraction of sp³-hybridized carbons (Fsp3) is 0.0556. The lowest BCUT2D eigenvalue weighted by molar-refractivity contribution is 0.0952. The van der Waals surface area contributed by atoms with Crippen molar-refractivity contribution in [3.63, 3.8) is 0 Å². The Bertz CT molecular complexity index is 1060. The van der Waals surface area contributed by atoms with Gasteiger partial charge in [0.2, 0.25) is 0 Å². The van der Waals surface area contributed by atoms with Crippen LogP contribution in [0.25, 0.3) is 0 Å². The number of carbonyl (C=O) groups is 1. The number of halogens is 2. The maximum atomic E-state index is 12.2. The summed E-state index contributed by atoms with van der Waals surface area (Å²) in [6, 6.07) is 13.7. The van der Waals surface area contributed by atoms with E-state index in [2.05, 4.69) is 26.5 Å². The molecule has 0 saturated heterocycles. The second kappa shape index (κ2) is 8.51. The van der Waals surface area contributed by atoms with E-state index in [0.717, 1.165) is 21.4 Å². The predicted octanol–water partition coefficient (Wildman–Crippen LogP) is 3.84. The van der Waals surface area contributed by atoms with Gasteiger partial charge in [0.25, 0.3) is 5.91 Å². The third-order valence-corrected chi connectivity index (χ3v) is 5.57. The highest BCUT2D eigenvalue weighted by atomic mass is 79.9. The lowest BCUT2D eigenvalue weighted by Crippen LogP contribution is -2.17. The number of nitrogens with one attached hydrogen (secondary N) is 1. The number of phenolic OH excluding ortho intramolecular Hbond substituents is 1. The molecule has 2 N–H and O–H groups in total. The van der Waals surface area contributed by atoms with E-state index in [1.165, 1.54) is 22.9 Å². The second-order valence-corrected chi connectivity index (χ2v) is 7.72. The summed E-state index contributed by atoms with van der Waals surface area (Å²) in [5.41, 5.74) is 3.33. The molecule has 3 rings (SSSR count). The van der Waals surface area contributed by atoms with Gasteiger partial charge in [-0.15, -0.1) is 0 Å². The lowest BCUT2D eigenvalue weighted by atomic mass is 10.2. The number of hydrogen-bond acceptors (Lipinski definition) is 5. The van der Waals surface area contributed by atoms with Crippen molar-refractivity contribution in [1.29, 1.82) is 0 Å². The number of nitrogens with zero attached hydrogens (tertiary/aromatic N) is 2. The number of aromatic hydroxyl groups is 1. The number of benzene rings is 2. The second-order valence-electron chi connectivity index (χ2n) is 5.45. The molecule has 0 spiro atoms. The Hall–Kier alpha value is -2.42. The van der Waals surface area contributed by atoms with Crippen LogP contribution >= 0.6 is 38.9 Å². The first-order valence-corrected chi connectivity index (χ1v) is 9.69. The molecule has 9 heteroatoms. The third kappa shape index (κ3) is 4.65. The fourth-order valence-electron chi connectivity index (χ4n) is 2.27. The zero-order chi connectivity index (χ0) is 19.4. The average molecular weight is 467 g/mol. The van der Waals surface area contributed by atoms with Crippen molar-refractivity contribution in [3.8, 4) is 5.75 Å². The van der Waals surface area contributed by atoms with Crippen LogP contribution < -0.4 is 10.3 Å². The minimum atomic E-state index is -0.567. The number of phenols is 1. The van der Waals surface area contributed by atoms with E-state index in [1.807, 2.05) is 24.3 Å². The maximum Gasteiger partial charge on any atom is 0.309 e. The van der Waals surface area contributed by atoms with Crippen LogP contribution in [0.3, 0.4) is 0 Å². The highest BCUT2D eigenvalue weighted by Gasteiger charge is 2.13. The third-order valence-electron chi connectivity index (χ3n) is 3.61. The van der Waals surface area contributed by atoms with Crippen molar-refractivity contribution in [2.45, 2.75) is 6.54 Å².